The normalized spacial score (nSPS) is 10.6. The van der Waals surface area contributed by atoms with E-state index < -0.39 is 5.91 Å². The molecule has 30 heavy (non-hydrogen) atoms. The van der Waals surface area contributed by atoms with Crippen LogP contribution in [-0.2, 0) is 6.54 Å². The van der Waals surface area contributed by atoms with Crippen LogP contribution in [0.3, 0.4) is 0 Å². The van der Waals surface area contributed by atoms with E-state index in [0.717, 1.165) is 11.3 Å². The van der Waals surface area contributed by atoms with Gasteiger partial charge in [-0.2, -0.15) is 5.10 Å². The SMILES string of the molecule is CCn1c(C)ccc(C(=O)Nc2cc(-c3cc(OC)c(OC)c(OC)c3)[nH]n2)c1=O. The number of aryl methyl sites for hydroxylation is 1. The number of benzene rings is 1. The number of hydrogen-bond donors (Lipinski definition) is 2. The van der Waals surface area contributed by atoms with Crippen molar-refractivity contribution >= 4 is 11.7 Å². The number of carbonyl (C=O) groups is 1. The van der Waals surface area contributed by atoms with Gasteiger partial charge in [-0.3, -0.25) is 14.7 Å². The predicted molar refractivity (Wildman–Crippen MR) is 113 cm³/mol. The fourth-order valence-corrected chi connectivity index (χ4v) is 3.19. The number of nitrogens with one attached hydrogen (secondary N) is 2. The van der Waals surface area contributed by atoms with Gasteiger partial charge in [0.15, 0.2) is 17.3 Å². The summed E-state index contributed by atoms with van der Waals surface area (Å²) in [7, 11) is 4.59. The maximum Gasteiger partial charge on any atom is 0.263 e. The van der Waals surface area contributed by atoms with E-state index in [2.05, 4.69) is 15.5 Å². The average Bonchev–Trinajstić information content (AvgIpc) is 3.21. The summed E-state index contributed by atoms with van der Waals surface area (Å²) in [4.78, 5) is 25.1. The molecular formula is C21H24N4O5. The summed E-state index contributed by atoms with van der Waals surface area (Å²) in [5, 5.41) is 9.65. The van der Waals surface area contributed by atoms with Crippen molar-refractivity contribution in [1.82, 2.24) is 14.8 Å². The number of ether oxygens (including phenoxy) is 3. The lowest BCUT2D eigenvalue weighted by molar-refractivity contribution is 0.102. The van der Waals surface area contributed by atoms with Gasteiger partial charge in [0, 0.05) is 23.9 Å². The van der Waals surface area contributed by atoms with E-state index in [4.69, 9.17) is 14.2 Å². The zero-order valence-corrected chi connectivity index (χ0v) is 17.5. The second kappa shape index (κ2) is 8.73. The lowest BCUT2D eigenvalue weighted by Crippen LogP contribution is -2.29. The van der Waals surface area contributed by atoms with Crippen molar-refractivity contribution in [3.8, 4) is 28.5 Å². The third-order valence-electron chi connectivity index (χ3n) is 4.75. The summed E-state index contributed by atoms with van der Waals surface area (Å²) < 4.78 is 17.6. The second-order valence-electron chi connectivity index (χ2n) is 6.47. The molecule has 3 rings (SSSR count). The summed E-state index contributed by atoms with van der Waals surface area (Å²) in [6, 6.07) is 8.45. The molecule has 0 unspecified atom stereocenters. The molecule has 0 aliphatic heterocycles. The summed E-state index contributed by atoms with van der Waals surface area (Å²) in [5.74, 6) is 1.22. The van der Waals surface area contributed by atoms with E-state index in [-0.39, 0.29) is 16.9 Å². The van der Waals surface area contributed by atoms with Gasteiger partial charge in [0.1, 0.15) is 5.56 Å². The smallest absolute Gasteiger partial charge is 0.263 e. The molecule has 0 aliphatic carbocycles. The van der Waals surface area contributed by atoms with Crippen LogP contribution in [0.5, 0.6) is 17.2 Å². The quantitative estimate of drug-likeness (QED) is 0.618. The van der Waals surface area contributed by atoms with Crippen LogP contribution < -0.4 is 25.1 Å². The summed E-state index contributed by atoms with van der Waals surface area (Å²) in [6.07, 6.45) is 0. The molecule has 9 heteroatoms. The number of H-pyrrole nitrogens is 1. The van der Waals surface area contributed by atoms with Gasteiger partial charge in [-0.25, -0.2) is 0 Å². The Labute approximate surface area is 173 Å². The monoisotopic (exact) mass is 412 g/mol. The molecule has 1 amide bonds. The maximum absolute atomic E-state index is 12.6. The molecule has 0 spiro atoms. The van der Waals surface area contributed by atoms with E-state index >= 15 is 0 Å². The zero-order valence-electron chi connectivity index (χ0n) is 17.5. The first-order chi connectivity index (χ1) is 14.4. The standard InChI is InChI=1S/C21H24N4O5/c1-6-25-12(2)7-8-14(21(25)27)20(26)22-18-11-15(23-24-18)13-9-16(28-3)19(30-5)17(10-13)29-4/h7-11H,6H2,1-5H3,(H2,22,23,24,26). The summed E-state index contributed by atoms with van der Waals surface area (Å²) in [6.45, 7) is 4.16. The summed E-state index contributed by atoms with van der Waals surface area (Å²) >= 11 is 0. The number of hydrogen-bond acceptors (Lipinski definition) is 6. The van der Waals surface area contributed by atoms with Gasteiger partial charge in [0.25, 0.3) is 11.5 Å². The van der Waals surface area contributed by atoms with Crippen LogP contribution in [0.15, 0.2) is 35.1 Å². The van der Waals surface area contributed by atoms with Crippen molar-refractivity contribution in [3.63, 3.8) is 0 Å². The molecule has 3 aromatic rings. The Bertz CT molecular complexity index is 1110. The number of aromatic amines is 1. The molecule has 2 heterocycles. The van der Waals surface area contributed by atoms with Gasteiger partial charge < -0.3 is 24.1 Å². The molecule has 158 valence electrons. The highest BCUT2D eigenvalue weighted by Gasteiger charge is 2.17. The van der Waals surface area contributed by atoms with Gasteiger partial charge >= 0.3 is 0 Å². The molecule has 9 nitrogen and oxygen atoms in total. The lowest BCUT2D eigenvalue weighted by atomic mass is 10.1. The molecule has 0 radical (unpaired) electrons. The third kappa shape index (κ3) is 3.86. The number of pyridine rings is 1. The van der Waals surface area contributed by atoms with E-state index in [0.29, 0.717) is 29.5 Å². The Morgan fingerprint density at radius 1 is 1.10 bits per heavy atom. The molecule has 1 aromatic carbocycles. The Kier molecular flexibility index (Phi) is 6.10. The first-order valence-electron chi connectivity index (χ1n) is 9.31. The van der Waals surface area contributed by atoms with Crippen LogP contribution in [0.25, 0.3) is 11.3 Å². The summed E-state index contributed by atoms with van der Waals surface area (Å²) in [5.41, 5.74) is 1.86. The predicted octanol–water partition coefficient (Wildman–Crippen LogP) is 2.84. The largest absolute Gasteiger partial charge is 0.493 e. The highest BCUT2D eigenvalue weighted by molar-refractivity contribution is 6.03. The molecule has 0 aliphatic rings. The average molecular weight is 412 g/mol. The van der Waals surface area contributed by atoms with Crippen molar-refractivity contribution in [2.45, 2.75) is 20.4 Å². The Morgan fingerprint density at radius 3 is 2.33 bits per heavy atom. The molecule has 0 saturated carbocycles. The van der Waals surface area contributed by atoms with Crippen LogP contribution in [0.1, 0.15) is 23.0 Å². The van der Waals surface area contributed by atoms with Gasteiger partial charge in [0.2, 0.25) is 5.75 Å². The number of nitrogens with zero attached hydrogens (tertiary/aromatic N) is 2. The highest BCUT2D eigenvalue weighted by Crippen LogP contribution is 2.41. The minimum absolute atomic E-state index is 0.0554. The van der Waals surface area contributed by atoms with Gasteiger partial charge in [-0.05, 0) is 38.1 Å². The Morgan fingerprint density at radius 2 is 1.77 bits per heavy atom. The third-order valence-corrected chi connectivity index (χ3v) is 4.75. The van der Waals surface area contributed by atoms with Crippen molar-refractivity contribution in [2.75, 3.05) is 26.6 Å². The minimum atomic E-state index is -0.523. The molecule has 2 N–H and O–H groups in total. The number of rotatable bonds is 7. The van der Waals surface area contributed by atoms with E-state index in [1.54, 1.807) is 28.8 Å². The molecule has 0 saturated heterocycles. The van der Waals surface area contributed by atoms with E-state index in [1.807, 2.05) is 13.8 Å². The molecule has 2 aromatic heterocycles. The number of anilines is 1. The van der Waals surface area contributed by atoms with E-state index in [9.17, 15) is 9.59 Å². The van der Waals surface area contributed by atoms with Crippen molar-refractivity contribution in [1.29, 1.82) is 0 Å². The second-order valence-corrected chi connectivity index (χ2v) is 6.47. The first kappa shape index (κ1) is 21.0. The fourth-order valence-electron chi connectivity index (χ4n) is 3.19. The highest BCUT2D eigenvalue weighted by atomic mass is 16.5. The van der Waals surface area contributed by atoms with Crippen LogP contribution in [0, 0.1) is 6.92 Å². The van der Waals surface area contributed by atoms with Crippen LogP contribution in [0.4, 0.5) is 5.82 Å². The fraction of sp³-hybridized carbons (Fsp3) is 0.286. The van der Waals surface area contributed by atoms with Crippen molar-refractivity contribution < 1.29 is 19.0 Å². The van der Waals surface area contributed by atoms with Crippen molar-refractivity contribution in [2.24, 2.45) is 0 Å². The molecular weight excluding hydrogens is 388 g/mol. The Hall–Kier alpha value is -3.75. The molecule has 0 fully saturated rings. The topological polar surface area (TPSA) is 107 Å². The minimum Gasteiger partial charge on any atom is -0.493 e. The van der Waals surface area contributed by atoms with Gasteiger partial charge in [-0.1, -0.05) is 0 Å². The van der Waals surface area contributed by atoms with Crippen LogP contribution in [0.2, 0.25) is 0 Å². The maximum atomic E-state index is 12.6. The number of amides is 1. The molecule has 0 atom stereocenters. The lowest BCUT2D eigenvalue weighted by Gasteiger charge is -2.13. The van der Waals surface area contributed by atoms with E-state index in [1.165, 1.54) is 27.4 Å². The van der Waals surface area contributed by atoms with Crippen LogP contribution >= 0.6 is 0 Å². The Balaban J connectivity index is 1.89. The zero-order chi connectivity index (χ0) is 21.8. The first-order valence-corrected chi connectivity index (χ1v) is 9.31. The number of methoxy groups -OCH3 is 3. The van der Waals surface area contributed by atoms with Crippen molar-refractivity contribution in [3.05, 3.63) is 51.9 Å². The molecule has 0 bridgehead atoms. The van der Waals surface area contributed by atoms with Gasteiger partial charge in [-0.15, -0.1) is 0 Å². The number of carbonyl (C=O) groups excluding carboxylic acids is 1. The van der Waals surface area contributed by atoms with Gasteiger partial charge in [0.05, 0.1) is 27.0 Å². The number of aromatic nitrogens is 3. The van der Waals surface area contributed by atoms with Crippen LogP contribution in [-0.4, -0.2) is 42.0 Å².